The summed E-state index contributed by atoms with van der Waals surface area (Å²) < 4.78 is 0. The maximum Gasteiger partial charge on any atom is 0.304 e. The highest BCUT2D eigenvalue weighted by Crippen LogP contribution is 2.27. The van der Waals surface area contributed by atoms with Gasteiger partial charge in [0.2, 0.25) is 0 Å². The number of carboxylic acids is 1. The fourth-order valence-electron chi connectivity index (χ4n) is 2.06. The number of carboxylic acid groups (broad SMARTS) is 1. The lowest BCUT2D eigenvalue weighted by Gasteiger charge is -2.21. The first-order valence-electron chi connectivity index (χ1n) is 5.02. The summed E-state index contributed by atoms with van der Waals surface area (Å²) in [5.41, 5.74) is 1.75. The molecule has 0 saturated carbocycles. The van der Waals surface area contributed by atoms with E-state index < -0.39 is 5.97 Å². The van der Waals surface area contributed by atoms with Crippen LogP contribution in [0.4, 0.5) is 0 Å². The fraction of sp³-hybridized carbons (Fsp3) is 0.333. The Morgan fingerprint density at radius 1 is 1.40 bits per heavy atom. The Labute approximate surface area is 87.7 Å². The number of aryl methyl sites for hydroxylation is 1. The molecular weight excluding hydrogens is 192 g/mol. The predicted octanol–water partition coefficient (Wildman–Crippen LogP) is 1.91. The van der Waals surface area contributed by atoms with E-state index in [-0.39, 0.29) is 18.1 Å². The van der Waals surface area contributed by atoms with Gasteiger partial charge in [-0.2, -0.15) is 0 Å². The molecule has 0 amide bonds. The van der Waals surface area contributed by atoms with Crippen LogP contribution in [0.25, 0.3) is 0 Å². The number of carbonyl (C=O) groups is 2. The van der Waals surface area contributed by atoms with Crippen LogP contribution in [-0.4, -0.2) is 16.9 Å². The van der Waals surface area contributed by atoms with E-state index in [2.05, 4.69) is 0 Å². The van der Waals surface area contributed by atoms with Crippen LogP contribution in [0, 0.1) is 5.92 Å². The number of aliphatic carboxylic acids is 1. The third-order valence-corrected chi connectivity index (χ3v) is 2.84. The van der Waals surface area contributed by atoms with Gasteiger partial charge in [0.25, 0.3) is 0 Å². The highest BCUT2D eigenvalue weighted by atomic mass is 16.4. The summed E-state index contributed by atoms with van der Waals surface area (Å²) in [6.45, 7) is 0. The molecule has 0 aromatic heterocycles. The van der Waals surface area contributed by atoms with Crippen molar-refractivity contribution in [1.82, 2.24) is 0 Å². The van der Waals surface area contributed by atoms with Gasteiger partial charge in [-0.3, -0.25) is 9.59 Å². The maximum absolute atomic E-state index is 11.9. The van der Waals surface area contributed by atoms with Gasteiger partial charge in [0.05, 0.1) is 6.42 Å². The van der Waals surface area contributed by atoms with Crippen LogP contribution >= 0.6 is 0 Å². The molecule has 2 rings (SSSR count). The molecule has 78 valence electrons. The summed E-state index contributed by atoms with van der Waals surface area (Å²) in [6, 6.07) is 7.44. The minimum Gasteiger partial charge on any atom is -0.481 e. The van der Waals surface area contributed by atoms with Crippen molar-refractivity contribution in [3.05, 3.63) is 35.4 Å². The van der Waals surface area contributed by atoms with Crippen molar-refractivity contribution < 1.29 is 14.7 Å². The molecule has 1 N–H and O–H groups in total. The van der Waals surface area contributed by atoms with E-state index in [1.165, 1.54) is 0 Å². The molecule has 0 fully saturated rings. The van der Waals surface area contributed by atoms with Gasteiger partial charge in [0.15, 0.2) is 5.78 Å². The number of hydrogen-bond acceptors (Lipinski definition) is 2. The third kappa shape index (κ3) is 1.91. The van der Waals surface area contributed by atoms with Crippen LogP contribution in [0.5, 0.6) is 0 Å². The van der Waals surface area contributed by atoms with E-state index in [0.717, 1.165) is 12.0 Å². The molecule has 0 saturated heterocycles. The number of carbonyl (C=O) groups excluding carboxylic acids is 1. The van der Waals surface area contributed by atoms with Crippen molar-refractivity contribution >= 4 is 11.8 Å². The molecule has 0 spiro atoms. The zero-order valence-corrected chi connectivity index (χ0v) is 8.27. The first-order valence-corrected chi connectivity index (χ1v) is 5.02. The van der Waals surface area contributed by atoms with E-state index >= 15 is 0 Å². The molecule has 15 heavy (non-hydrogen) atoms. The zero-order chi connectivity index (χ0) is 10.8. The van der Waals surface area contributed by atoms with Crippen molar-refractivity contribution in [2.45, 2.75) is 19.3 Å². The van der Waals surface area contributed by atoms with E-state index in [4.69, 9.17) is 5.11 Å². The Morgan fingerprint density at radius 3 is 2.87 bits per heavy atom. The lowest BCUT2D eigenvalue weighted by atomic mass is 9.81. The quantitative estimate of drug-likeness (QED) is 0.800. The Kier molecular flexibility index (Phi) is 2.54. The average Bonchev–Trinajstić information content (AvgIpc) is 2.22. The Bertz CT molecular complexity index is 409. The first-order chi connectivity index (χ1) is 7.18. The van der Waals surface area contributed by atoms with Crippen LogP contribution < -0.4 is 0 Å². The molecule has 0 heterocycles. The van der Waals surface area contributed by atoms with Gasteiger partial charge in [0, 0.05) is 11.5 Å². The maximum atomic E-state index is 11.9. The summed E-state index contributed by atoms with van der Waals surface area (Å²) in [5.74, 6) is -1.25. The highest BCUT2D eigenvalue weighted by molar-refractivity contribution is 6.01. The smallest absolute Gasteiger partial charge is 0.304 e. The Hall–Kier alpha value is -1.64. The van der Waals surface area contributed by atoms with Gasteiger partial charge in [-0.15, -0.1) is 0 Å². The standard InChI is InChI=1S/C12H12O3/c13-11(14)7-9-6-5-8-3-1-2-4-10(8)12(9)15/h1-4,9H,5-7H2,(H,13,14)/t9-/m1/s1. The van der Waals surface area contributed by atoms with Gasteiger partial charge in [-0.1, -0.05) is 24.3 Å². The van der Waals surface area contributed by atoms with Crippen molar-refractivity contribution in [3.8, 4) is 0 Å². The topological polar surface area (TPSA) is 54.4 Å². The second-order valence-corrected chi connectivity index (χ2v) is 3.85. The molecule has 1 aromatic carbocycles. The molecule has 3 nitrogen and oxygen atoms in total. The van der Waals surface area contributed by atoms with Crippen molar-refractivity contribution in [2.24, 2.45) is 5.92 Å². The molecule has 1 aliphatic rings. The number of benzene rings is 1. The number of rotatable bonds is 2. The number of hydrogen-bond donors (Lipinski definition) is 1. The minimum absolute atomic E-state index is 0.0146. The second kappa shape index (κ2) is 3.85. The second-order valence-electron chi connectivity index (χ2n) is 3.85. The summed E-state index contributed by atoms with van der Waals surface area (Å²) in [6.07, 6.45) is 1.41. The first kappa shape index (κ1) is 9.90. The van der Waals surface area contributed by atoms with Crippen LogP contribution in [0.15, 0.2) is 24.3 Å². The zero-order valence-electron chi connectivity index (χ0n) is 8.27. The largest absolute Gasteiger partial charge is 0.481 e. The lowest BCUT2D eigenvalue weighted by molar-refractivity contribution is -0.137. The minimum atomic E-state index is -0.896. The van der Waals surface area contributed by atoms with Crippen molar-refractivity contribution in [1.29, 1.82) is 0 Å². The number of Topliss-reactive ketones (excluding diaryl/α,β-unsaturated/α-hetero) is 1. The van der Waals surface area contributed by atoms with Gasteiger partial charge in [-0.25, -0.2) is 0 Å². The molecule has 1 atom stereocenters. The molecule has 1 aliphatic carbocycles. The summed E-state index contributed by atoms with van der Waals surface area (Å²) >= 11 is 0. The van der Waals surface area contributed by atoms with Crippen LogP contribution in [0.2, 0.25) is 0 Å². The fourth-order valence-corrected chi connectivity index (χ4v) is 2.06. The average molecular weight is 204 g/mol. The number of fused-ring (bicyclic) bond motifs is 1. The van der Waals surface area contributed by atoms with Gasteiger partial charge < -0.3 is 5.11 Å². The normalized spacial score (nSPS) is 19.7. The number of ketones is 1. The molecule has 0 aliphatic heterocycles. The summed E-state index contributed by atoms with van der Waals surface area (Å²) in [7, 11) is 0. The predicted molar refractivity (Wildman–Crippen MR) is 54.8 cm³/mol. The van der Waals surface area contributed by atoms with E-state index in [1.54, 1.807) is 6.07 Å². The monoisotopic (exact) mass is 204 g/mol. The van der Waals surface area contributed by atoms with Crippen molar-refractivity contribution in [2.75, 3.05) is 0 Å². The van der Waals surface area contributed by atoms with Crippen molar-refractivity contribution in [3.63, 3.8) is 0 Å². The van der Waals surface area contributed by atoms with Crippen LogP contribution in [-0.2, 0) is 11.2 Å². The molecular formula is C12H12O3. The van der Waals surface area contributed by atoms with E-state index in [0.29, 0.717) is 12.0 Å². The van der Waals surface area contributed by atoms with Gasteiger partial charge in [0.1, 0.15) is 0 Å². The molecule has 0 bridgehead atoms. The SMILES string of the molecule is O=C(O)C[C@H]1CCc2ccccc2C1=O. The summed E-state index contributed by atoms with van der Waals surface area (Å²) in [5, 5.41) is 8.68. The van der Waals surface area contributed by atoms with Gasteiger partial charge >= 0.3 is 5.97 Å². The summed E-state index contributed by atoms with van der Waals surface area (Å²) in [4.78, 5) is 22.5. The molecule has 3 heteroatoms. The molecule has 0 unspecified atom stereocenters. The highest BCUT2D eigenvalue weighted by Gasteiger charge is 2.28. The van der Waals surface area contributed by atoms with Crippen LogP contribution in [0.1, 0.15) is 28.8 Å². The Morgan fingerprint density at radius 2 is 2.13 bits per heavy atom. The lowest BCUT2D eigenvalue weighted by Crippen LogP contribution is -2.24. The third-order valence-electron chi connectivity index (χ3n) is 2.84. The molecule has 0 radical (unpaired) electrons. The van der Waals surface area contributed by atoms with Gasteiger partial charge in [-0.05, 0) is 18.4 Å². The van der Waals surface area contributed by atoms with E-state index in [1.807, 2.05) is 18.2 Å². The van der Waals surface area contributed by atoms with Crippen LogP contribution in [0.3, 0.4) is 0 Å². The van der Waals surface area contributed by atoms with E-state index in [9.17, 15) is 9.59 Å². The molecule has 1 aromatic rings. The Balaban J connectivity index is 2.26.